The minimum Gasteiger partial charge on any atom is -0.393 e. The second-order valence-corrected chi connectivity index (χ2v) is 4.75. The Hall–Kier alpha value is 0.230. The number of nitrogens with one attached hydrogen (secondary N) is 1. The summed E-state index contributed by atoms with van der Waals surface area (Å²) >= 11 is 1.93. The molecule has 1 heterocycles. The highest BCUT2D eigenvalue weighted by atomic mass is 32.2. The minimum atomic E-state index is -0.965. The van der Waals surface area contributed by atoms with E-state index >= 15 is 0 Å². The van der Waals surface area contributed by atoms with Gasteiger partial charge in [0.1, 0.15) is 0 Å². The highest BCUT2D eigenvalue weighted by Crippen LogP contribution is 2.17. The molecule has 3 nitrogen and oxygen atoms in total. The van der Waals surface area contributed by atoms with Crippen molar-refractivity contribution < 1.29 is 10.2 Å². The number of rotatable bonds is 4. The third-order valence-corrected chi connectivity index (χ3v) is 3.20. The van der Waals surface area contributed by atoms with Gasteiger partial charge in [-0.3, -0.25) is 0 Å². The van der Waals surface area contributed by atoms with Gasteiger partial charge in [0.25, 0.3) is 0 Å². The SMILES string of the molecule is CC(O)(CO)CNC1CCSC1. The molecule has 2 atom stereocenters. The van der Waals surface area contributed by atoms with Gasteiger partial charge in [0.2, 0.25) is 0 Å². The van der Waals surface area contributed by atoms with Gasteiger partial charge in [-0.1, -0.05) is 0 Å². The van der Waals surface area contributed by atoms with Gasteiger partial charge >= 0.3 is 0 Å². The van der Waals surface area contributed by atoms with E-state index < -0.39 is 5.60 Å². The number of hydrogen-bond donors (Lipinski definition) is 3. The fourth-order valence-corrected chi connectivity index (χ4v) is 2.30. The van der Waals surface area contributed by atoms with Crippen LogP contribution in [0.2, 0.25) is 0 Å². The summed E-state index contributed by atoms with van der Waals surface area (Å²) in [6.07, 6.45) is 1.17. The van der Waals surface area contributed by atoms with Crippen LogP contribution in [-0.4, -0.2) is 46.5 Å². The third-order valence-electron chi connectivity index (χ3n) is 2.04. The van der Waals surface area contributed by atoms with Crippen molar-refractivity contribution >= 4 is 11.8 Å². The molecular formula is C8H17NO2S. The van der Waals surface area contributed by atoms with Gasteiger partial charge in [-0.15, -0.1) is 0 Å². The summed E-state index contributed by atoms with van der Waals surface area (Å²) in [5.41, 5.74) is -0.965. The van der Waals surface area contributed by atoms with E-state index in [1.165, 1.54) is 12.2 Å². The smallest absolute Gasteiger partial charge is 0.0972 e. The molecule has 1 aliphatic rings. The molecule has 0 aromatic heterocycles. The number of aliphatic hydroxyl groups excluding tert-OH is 1. The molecule has 0 saturated carbocycles. The lowest BCUT2D eigenvalue weighted by molar-refractivity contribution is 0.00127. The second-order valence-electron chi connectivity index (χ2n) is 3.60. The van der Waals surface area contributed by atoms with Crippen molar-refractivity contribution in [3.63, 3.8) is 0 Å². The molecule has 4 heteroatoms. The zero-order valence-electron chi connectivity index (χ0n) is 7.42. The minimum absolute atomic E-state index is 0.181. The van der Waals surface area contributed by atoms with Crippen LogP contribution < -0.4 is 5.32 Å². The molecular weight excluding hydrogens is 174 g/mol. The van der Waals surface area contributed by atoms with Gasteiger partial charge in [0, 0.05) is 18.3 Å². The van der Waals surface area contributed by atoms with Gasteiger partial charge in [-0.05, 0) is 19.1 Å². The average molecular weight is 191 g/mol. The summed E-state index contributed by atoms with van der Waals surface area (Å²) in [7, 11) is 0. The van der Waals surface area contributed by atoms with E-state index in [1.54, 1.807) is 6.92 Å². The van der Waals surface area contributed by atoms with Gasteiger partial charge in [0.15, 0.2) is 0 Å². The summed E-state index contributed by atoms with van der Waals surface area (Å²) in [5.74, 6) is 2.33. The van der Waals surface area contributed by atoms with E-state index in [2.05, 4.69) is 5.32 Å². The molecule has 2 unspecified atom stereocenters. The molecule has 0 amide bonds. The van der Waals surface area contributed by atoms with Crippen molar-refractivity contribution in [1.29, 1.82) is 0 Å². The standard InChI is InChI=1S/C8H17NO2S/c1-8(11,6-10)5-9-7-2-3-12-4-7/h7,9-11H,2-6H2,1H3. The summed E-state index contributed by atoms with van der Waals surface area (Å²) in [6.45, 7) is 1.94. The summed E-state index contributed by atoms with van der Waals surface area (Å²) in [4.78, 5) is 0. The Balaban J connectivity index is 2.15. The van der Waals surface area contributed by atoms with E-state index in [0.29, 0.717) is 12.6 Å². The van der Waals surface area contributed by atoms with Gasteiger partial charge in [0.05, 0.1) is 12.2 Å². The van der Waals surface area contributed by atoms with Crippen molar-refractivity contribution in [2.45, 2.75) is 25.0 Å². The molecule has 0 bridgehead atoms. The van der Waals surface area contributed by atoms with Crippen molar-refractivity contribution in [1.82, 2.24) is 5.32 Å². The molecule has 1 aliphatic heterocycles. The van der Waals surface area contributed by atoms with Crippen LogP contribution in [0.4, 0.5) is 0 Å². The van der Waals surface area contributed by atoms with Crippen molar-refractivity contribution in [3.05, 3.63) is 0 Å². The van der Waals surface area contributed by atoms with E-state index in [4.69, 9.17) is 5.11 Å². The lowest BCUT2D eigenvalue weighted by Crippen LogP contribution is -2.44. The zero-order valence-corrected chi connectivity index (χ0v) is 8.23. The Morgan fingerprint density at radius 2 is 2.42 bits per heavy atom. The average Bonchev–Trinajstić information content (AvgIpc) is 2.53. The first-order chi connectivity index (χ1) is 5.64. The number of thioether (sulfide) groups is 1. The maximum absolute atomic E-state index is 9.46. The highest BCUT2D eigenvalue weighted by molar-refractivity contribution is 7.99. The third kappa shape index (κ3) is 3.31. The normalized spacial score (nSPS) is 28.8. The maximum Gasteiger partial charge on any atom is 0.0972 e. The van der Waals surface area contributed by atoms with Gasteiger partial charge in [-0.2, -0.15) is 11.8 Å². The van der Waals surface area contributed by atoms with E-state index in [1.807, 2.05) is 11.8 Å². The van der Waals surface area contributed by atoms with Crippen LogP contribution in [0.5, 0.6) is 0 Å². The molecule has 0 aliphatic carbocycles. The van der Waals surface area contributed by atoms with Crippen LogP contribution in [0.1, 0.15) is 13.3 Å². The van der Waals surface area contributed by atoms with Crippen molar-refractivity contribution in [3.8, 4) is 0 Å². The molecule has 0 radical (unpaired) electrons. The Morgan fingerprint density at radius 1 is 1.67 bits per heavy atom. The Morgan fingerprint density at radius 3 is 2.92 bits per heavy atom. The van der Waals surface area contributed by atoms with Crippen LogP contribution in [0.3, 0.4) is 0 Å². The summed E-state index contributed by atoms with van der Waals surface area (Å²) < 4.78 is 0. The Labute approximate surface area is 77.5 Å². The molecule has 72 valence electrons. The molecule has 0 aromatic carbocycles. The molecule has 1 saturated heterocycles. The van der Waals surface area contributed by atoms with Crippen molar-refractivity contribution in [2.75, 3.05) is 24.7 Å². The second kappa shape index (κ2) is 4.46. The van der Waals surface area contributed by atoms with Crippen LogP contribution in [0, 0.1) is 0 Å². The van der Waals surface area contributed by atoms with E-state index in [-0.39, 0.29) is 6.61 Å². The molecule has 0 aromatic rings. The van der Waals surface area contributed by atoms with Crippen LogP contribution in [0.25, 0.3) is 0 Å². The Kier molecular flexibility index (Phi) is 3.83. The maximum atomic E-state index is 9.46. The van der Waals surface area contributed by atoms with Gasteiger partial charge in [-0.25, -0.2) is 0 Å². The number of hydrogen-bond acceptors (Lipinski definition) is 4. The largest absolute Gasteiger partial charge is 0.393 e. The molecule has 0 spiro atoms. The van der Waals surface area contributed by atoms with Crippen LogP contribution in [-0.2, 0) is 0 Å². The first-order valence-corrected chi connectivity index (χ1v) is 5.44. The topological polar surface area (TPSA) is 52.5 Å². The first kappa shape index (κ1) is 10.3. The predicted octanol–water partition coefficient (Wildman–Crippen LogP) is -0.175. The molecule has 12 heavy (non-hydrogen) atoms. The predicted molar refractivity (Wildman–Crippen MR) is 51.4 cm³/mol. The molecule has 1 fully saturated rings. The summed E-state index contributed by atoms with van der Waals surface area (Å²) in [5, 5.41) is 21.5. The van der Waals surface area contributed by atoms with Gasteiger partial charge < -0.3 is 15.5 Å². The quantitative estimate of drug-likeness (QED) is 0.577. The fourth-order valence-electron chi connectivity index (χ4n) is 1.12. The molecule has 3 N–H and O–H groups in total. The van der Waals surface area contributed by atoms with Crippen LogP contribution >= 0.6 is 11.8 Å². The zero-order chi connectivity index (χ0) is 9.03. The lowest BCUT2D eigenvalue weighted by atomic mass is 10.1. The summed E-state index contributed by atoms with van der Waals surface area (Å²) in [6, 6.07) is 0.521. The highest BCUT2D eigenvalue weighted by Gasteiger charge is 2.22. The fraction of sp³-hybridized carbons (Fsp3) is 1.00. The monoisotopic (exact) mass is 191 g/mol. The first-order valence-electron chi connectivity index (χ1n) is 4.28. The lowest BCUT2D eigenvalue weighted by Gasteiger charge is -2.23. The van der Waals surface area contributed by atoms with Crippen LogP contribution in [0.15, 0.2) is 0 Å². The van der Waals surface area contributed by atoms with Crippen molar-refractivity contribution in [2.24, 2.45) is 0 Å². The van der Waals surface area contributed by atoms with E-state index in [0.717, 1.165) is 5.75 Å². The number of aliphatic hydroxyl groups is 2. The van der Waals surface area contributed by atoms with E-state index in [9.17, 15) is 5.11 Å². The Bertz CT molecular complexity index is 135. The molecule has 1 rings (SSSR count).